The largest absolute Gasteiger partial charge is 0.512 e. The molecular weight excluding hydrogens is 108 g/mol. The molecule has 8 heavy (non-hydrogen) atoms. The molecule has 0 aromatic rings. The second kappa shape index (κ2) is 3.32. The van der Waals surface area contributed by atoms with Crippen molar-refractivity contribution in [2.24, 2.45) is 0 Å². The third kappa shape index (κ3) is 1.84. The minimum Gasteiger partial charge on any atom is -0.512 e. The van der Waals surface area contributed by atoms with E-state index in [-0.39, 0.29) is 5.76 Å². The molecule has 3 heteroatoms. The topological polar surface area (TPSA) is 60.7 Å². The van der Waals surface area contributed by atoms with Crippen molar-refractivity contribution in [3.05, 3.63) is 12.0 Å². The van der Waals surface area contributed by atoms with Gasteiger partial charge in [0.15, 0.2) is 5.76 Å². The molecule has 0 bridgehead atoms. The molecule has 0 saturated carbocycles. The molecule has 0 radical (unpaired) electrons. The maximum Gasteiger partial charge on any atom is 0.155 e. The summed E-state index contributed by atoms with van der Waals surface area (Å²) in [4.78, 5) is 0. The van der Waals surface area contributed by atoms with Crippen molar-refractivity contribution < 1.29 is 15.3 Å². The monoisotopic (exact) mass is 118 g/mol. The van der Waals surface area contributed by atoms with Crippen molar-refractivity contribution >= 4 is 0 Å². The fraction of sp³-hybridized carbons (Fsp3) is 0.600. The molecule has 0 aromatic heterocycles. The predicted molar refractivity (Wildman–Crippen MR) is 29.6 cm³/mol. The van der Waals surface area contributed by atoms with Crippen LogP contribution in [0.4, 0.5) is 0 Å². The average molecular weight is 118 g/mol. The number of rotatable bonds is 2. The Labute approximate surface area is 47.9 Å². The second-order valence-corrected chi connectivity index (χ2v) is 1.48. The number of aliphatic hydroxyl groups excluding tert-OH is 3. The average Bonchev–Trinajstić information content (AvgIpc) is 1.84. The van der Waals surface area contributed by atoms with Crippen molar-refractivity contribution in [3.63, 3.8) is 0 Å². The van der Waals surface area contributed by atoms with Crippen LogP contribution in [0.2, 0.25) is 0 Å². The zero-order valence-electron chi connectivity index (χ0n) is 4.70. The maximum atomic E-state index is 8.65. The van der Waals surface area contributed by atoms with Crippen LogP contribution < -0.4 is 0 Å². The zero-order valence-corrected chi connectivity index (χ0v) is 4.70. The van der Waals surface area contributed by atoms with Crippen molar-refractivity contribution in [2.45, 2.75) is 19.4 Å². The Hall–Kier alpha value is -0.700. The van der Waals surface area contributed by atoms with E-state index in [2.05, 4.69) is 0 Å². The van der Waals surface area contributed by atoms with Gasteiger partial charge in [0.2, 0.25) is 0 Å². The standard InChI is InChI=1S/C5H10O3/c1-2-4(7)5(8)3-6/h3-4,6-8H,2H2,1H3. The number of hydrogen-bond acceptors (Lipinski definition) is 3. The fourth-order valence-electron chi connectivity index (χ4n) is 0.295. The van der Waals surface area contributed by atoms with E-state index in [1.165, 1.54) is 0 Å². The third-order valence-corrected chi connectivity index (χ3v) is 0.860. The smallest absolute Gasteiger partial charge is 0.155 e. The lowest BCUT2D eigenvalue weighted by Gasteiger charge is -2.02. The molecule has 1 unspecified atom stereocenters. The molecule has 48 valence electrons. The lowest BCUT2D eigenvalue weighted by atomic mass is 10.2. The zero-order chi connectivity index (χ0) is 6.57. The van der Waals surface area contributed by atoms with E-state index in [1.54, 1.807) is 6.92 Å². The first-order chi connectivity index (χ1) is 3.72. The van der Waals surface area contributed by atoms with E-state index < -0.39 is 6.10 Å². The highest BCUT2D eigenvalue weighted by atomic mass is 16.3. The van der Waals surface area contributed by atoms with E-state index in [9.17, 15) is 0 Å². The van der Waals surface area contributed by atoms with Gasteiger partial charge in [0.1, 0.15) is 12.4 Å². The lowest BCUT2D eigenvalue weighted by molar-refractivity contribution is 0.142. The molecule has 0 saturated heterocycles. The Bertz CT molecular complexity index is 87.7. The molecule has 1 atom stereocenters. The van der Waals surface area contributed by atoms with Crippen LogP contribution in [0.1, 0.15) is 13.3 Å². The second-order valence-electron chi connectivity index (χ2n) is 1.48. The minimum atomic E-state index is -0.917. The minimum absolute atomic E-state index is 0.382. The van der Waals surface area contributed by atoms with Gasteiger partial charge >= 0.3 is 0 Å². The van der Waals surface area contributed by atoms with E-state index in [4.69, 9.17) is 15.3 Å². The molecule has 0 spiro atoms. The third-order valence-electron chi connectivity index (χ3n) is 0.860. The van der Waals surface area contributed by atoms with Crippen LogP contribution in [0.15, 0.2) is 12.0 Å². The molecule has 3 nitrogen and oxygen atoms in total. The van der Waals surface area contributed by atoms with Gasteiger partial charge in [-0.15, -0.1) is 0 Å². The first kappa shape index (κ1) is 7.30. The van der Waals surface area contributed by atoms with Crippen LogP contribution in [0.25, 0.3) is 0 Å². The highest BCUT2D eigenvalue weighted by Gasteiger charge is 2.03. The molecule has 0 rings (SSSR count). The van der Waals surface area contributed by atoms with Crippen molar-refractivity contribution in [3.8, 4) is 0 Å². The van der Waals surface area contributed by atoms with Gasteiger partial charge in [-0.3, -0.25) is 0 Å². The van der Waals surface area contributed by atoms with Gasteiger partial charge in [-0.2, -0.15) is 0 Å². The summed E-state index contributed by atoms with van der Waals surface area (Å²) >= 11 is 0. The number of aliphatic hydroxyl groups is 3. The Morgan fingerprint density at radius 2 is 2.25 bits per heavy atom. The first-order valence-electron chi connectivity index (χ1n) is 2.43. The van der Waals surface area contributed by atoms with Crippen molar-refractivity contribution in [1.82, 2.24) is 0 Å². The molecule has 0 aliphatic carbocycles. The summed E-state index contributed by atoms with van der Waals surface area (Å²) in [6.45, 7) is 1.70. The van der Waals surface area contributed by atoms with E-state index >= 15 is 0 Å². The van der Waals surface area contributed by atoms with Crippen molar-refractivity contribution in [2.75, 3.05) is 0 Å². The Morgan fingerprint density at radius 1 is 1.75 bits per heavy atom. The lowest BCUT2D eigenvalue weighted by Crippen LogP contribution is -2.07. The van der Waals surface area contributed by atoms with Crippen LogP contribution >= 0.6 is 0 Å². The summed E-state index contributed by atoms with van der Waals surface area (Å²) in [5.74, 6) is -0.382. The van der Waals surface area contributed by atoms with Gasteiger partial charge in [-0.25, -0.2) is 0 Å². The molecule has 0 aromatic carbocycles. The van der Waals surface area contributed by atoms with Crippen LogP contribution in [0.5, 0.6) is 0 Å². The summed E-state index contributed by atoms with van der Waals surface area (Å²) < 4.78 is 0. The normalized spacial score (nSPS) is 16.0. The molecule has 0 aliphatic heterocycles. The van der Waals surface area contributed by atoms with Crippen LogP contribution in [-0.2, 0) is 0 Å². The van der Waals surface area contributed by atoms with Gasteiger partial charge < -0.3 is 15.3 Å². The van der Waals surface area contributed by atoms with Crippen molar-refractivity contribution in [1.29, 1.82) is 0 Å². The summed E-state index contributed by atoms with van der Waals surface area (Å²) in [7, 11) is 0. The van der Waals surface area contributed by atoms with Crippen LogP contribution in [0, 0.1) is 0 Å². The Balaban J connectivity index is 3.63. The van der Waals surface area contributed by atoms with Gasteiger partial charge in [-0.05, 0) is 6.42 Å². The summed E-state index contributed by atoms with van der Waals surface area (Å²) in [6.07, 6.45) is -0.0168. The highest BCUT2D eigenvalue weighted by molar-refractivity contribution is 4.90. The Morgan fingerprint density at radius 3 is 2.38 bits per heavy atom. The number of hydrogen-bond donors (Lipinski definition) is 3. The molecular formula is C5H10O3. The van der Waals surface area contributed by atoms with E-state index in [1.807, 2.05) is 0 Å². The predicted octanol–water partition coefficient (Wildman–Crippen LogP) is 0.715. The van der Waals surface area contributed by atoms with Gasteiger partial charge in [0.25, 0.3) is 0 Å². The molecule has 3 N–H and O–H groups in total. The van der Waals surface area contributed by atoms with Gasteiger partial charge in [0.05, 0.1) is 0 Å². The maximum absolute atomic E-state index is 8.65. The van der Waals surface area contributed by atoms with Crippen LogP contribution in [-0.4, -0.2) is 21.4 Å². The molecule has 0 amide bonds. The molecule has 0 fully saturated rings. The molecule has 0 aliphatic rings. The summed E-state index contributed by atoms with van der Waals surface area (Å²) in [6, 6.07) is 0. The first-order valence-corrected chi connectivity index (χ1v) is 2.43. The SMILES string of the molecule is CCC(O)C(O)=CO. The quantitative estimate of drug-likeness (QED) is 0.468. The Kier molecular flexibility index (Phi) is 3.03. The highest BCUT2D eigenvalue weighted by Crippen LogP contribution is 1.99. The van der Waals surface area contributed by atoms with Gasteiger partial charge in [-0.1, -0.05) is 6.92 Å². The van der Waals surface area contributed by atoms with Crippen LogP contribution in [0.3, 0.4) is 0 Å². The van der Waals surface area contributed by atoms with Gasteiger partial charge in [0, 0.05) is 0 Å². The van der Waals surface area contributed by atoms with E-state index in [0.717, 1.165) is 0 Å². The van der Waals surface area contributed by atoms with E-state index in [0.29, 0.717) is 12.7 Å². The molecule has 0 heterocycles. The summed E-state index contributed by atoms with van der Waals surface area (Å²) in [5, 5.41) is 25.2. The fourth-order valence-corrected chi connectivity index (χ4v) is 0.295. The summed E-state index contributed by atoms with van der Waals surface area (Å²) in [5.41, 5.74) is 0.